The summed E-state index contributed by atoms with van der Waals surface area (Å²) in [5.41, 5.74) is -0.947. The van der Waals surface area contributed by atoms with Gasteiger partial charge in [-0.1, -0.05) is 23.2 Å². The van der Waals surface area contributed by atoms with E-state index in [0.717, 1.165) is 9.64 Å². The first-order chi connectivity index (χ1) is 15.0. The Kier molecular flexibility index (Phi) is 7.77. The van der Waals surface area contributed by atoms with Gasteiger partial charge in [0.05, 0.1) is 10.0 Å². The molecule has 6 nitrogen and oxygen atoms in total. The summed E-state index contributed by atoms with van der Waals surface area (Å²) in [6.07, 6.45) is 1.10. The molecule has 0 saturated heterocycles. The minimum absolute atomic E-state index is 0.0153. The second kappa shape index (κ2) is 10.0. The highest BCUT2D eigenvalue weighted by atomic mass is 127. The van der Waals surface area contributed by atoms with E-state index < -0.39 is 16.9 Å². The second-order valence-electron chi connectivity index (χ2n) is 8.30. The van der Waals surface area contributed by atoms with Crippen molar-refractivity contribution in [2.75, 3.05) is 13.2 Å². The summed E-state index contributed by atoms with van der Waals surface area (Å²) in [6, 6.07) is 9.15. The number of carbonyl (C=O) groups is 2. The molecule has 3 rings (SSSR count). The highest BCUT2D eigenvalue weighted by Gasteiger charge is 2.50. The van der Waals surface area contributed by atoms with Crippen LogP contribution in [0.2, 0.25) is 10.0 Å². The summed E-state index contributed by atoms with van der Waals surface area (Å²) >= 11 is 13.7. The zero-order valence-electron chi connectivity index (χ0n) is 17.4. The van der Waals surface area contributed by atoms with Crippen molar-refractivity contribution < 1.29 is 23.5 Å². The maximum atomic E-state index is 13.5. The average molecular weight is 595 g/mol. The number of hydrogen-bond donors (Lipinski definition) is 2. The largest absolute Gasteiger partial charge is 0.484 e. The average Bonchev–Trinajstić information content (AvgIpc) is 2.68. The fourth-order valence-electron chi connectivity index (χ4n) is 4.02. The molecule has 0 heterocycles. The van der Waals surface area contributed by atoms with E-state index >= 15 is 0 Å². The highest BCUT2D eigenvalue weighted by Crippen LogP contribution is 2.40. The van der Waals surface area contributed by atoms with Crippen molar-refractivity contribution in [1.82, 2.24) is 10.6 Å². The van der Waals surface area contributed by atoms with Gasteiger partial charge in [0.1, 0.15) is 17.3 Å². The lowest BCUT2D eigenvalue weighted by Gasteiger charge is -2.53. The lowest BCUT2D eigenvalue weighted by molar-refractivity contribution is -0.129. The first-order valence-electron chi connectivity index (χ1n) is 9.75. The standard InChI is InChI=1S/C22H22Cl2FIN2O4/c1-21(27-19(29)9-31-13-3-5-15(23)17(25)7-13)11-22(2,12-21)28-20(30)10-32-14-4-6-16(24)18(26)8-14/h3-8H,9-12H2,1-2H3,(H,27,29)(H,28,30). The van der Waals surface area contributed by atoms with Gasteiger partial charge in [0.2, 0.25) is 0 Å². The molecule has 1 aliphatic carbocycles. The number of hydrogen-bond acceptors (Lipinski definition) is 4. The van der Waals surface area contributed by atoms with Crippen molar-refractivity contribution >= 4 is 57.6 Å². The molecule has 0 aliphatic heterocycles. The van der Waals surface area contributed by atoms with Crippen molar-refractivity contribution in [3.05, 3.63) is 55.8 Å². The molecule has 2 N–H and O–H groups in total. The molecule has 1 aliphatic rings. The maximum Gasteiger partial charge on any atom is 0.258 e. The van der Waals surface area contributed by atoms with E-state index in [1.807, 2.05) is 13.8 Å². The number of nitrogens with one attached hydrogen (secondary N) is 2. The van der Waals surface area contributed by atoms with Crippen molar-refractivity contribution in [1.29, 1.82) is 0 Å². The molecular formula is C22H22Cl2FIN2O4. The number of halogens is 4. The van der Waals surface area contributed by atoms with Gasteiger partial charge in [0, 0.05) is 20.7 Å². The Bertz CT molecular complexity index is 951. The third-order valence-corrected chi connectivity index (χ3v) is 6.81. The van der Waals surface area contributed by atoms with E-state index in [9.17, 15) is 14.0 Å². The molecule has 0 bridgehead atoms. The van der Waals surface area contributed by atoms with Gasteiger partial charge in [-0.2, -0.15) is 0 Å². The molecule has 0 spiro atoms. The number of carbonyl (C=O) groups excluding carboxylic acids is 2. The summed E-state index contributed by atoms with van der Waals surface area (Å²) in [4.78, 5) is 24.6. The van der Waals surface area contributed by atoms with Crippen molar-refractivity contribution in [2.45, 2.75) is 37.8 Å². The fraction of sp³-hybridized carbons (Fsp3) is 0.364. The third-order valence-electron chi connectivity index (χ3n) is 4.97. The van der Waals surface area contributed by atoms with Crippen LogP contribution in [0.25, 0.3) is 0 Å². The molecule has 0 unspecified atom stereocenters. The molecule has 0 atom stereocenters. The van der Waals surface area contributed by atoms with Gasteiger partial charge >= 0.3 is 0 Å². The predicted octanol–water partition coefficient (Wildman–Crippen LogP) is 4.74. The number of ether oxygens (including phenoxy) is 2. The van der Waals surface area contributed by atoms with Crippen LogP contribution in [0.4, 0.5) is 4.39 Å². The first kappa shape index (κ1) is 24.9. The SMILES string of the molecule is CC1(NC(=O)COc2ccc(Cl)c(F)c2)CC(C)(NC(=O)COc2ccc(Cl)c(I)c2)C1. The summed E-state index contributed by atoms with van der Waals surface area (Å²) in [5, 5.41) is 6.47. The van der Waals surface area contributed by atoms with E-state index in [-0.39, 0.29) is 35.8 Å². The van der Waals surface area contributed by atoms with Crippen LogP contribution >= 0.6 is 45.8 Å². The topological polar surface area (TPSA) is 76.7 Å². The van der Waals surface area contributed by atoms with Gasteiger partial charge in [-0.3, -0.25) is 9.59 Å². The van der Waals surface area contributed by atoms with E-state index in [4.69, 9.17) is 32.7 Å². The van der Waals surface area contributed by atoms with Gasteiger partial charge in [0.15, 0.2) is 13.2 Å². The van der Waals surface area contributed by atoms with Gasteiger partial charge in [0.25, 0.3) is 11.8 Å². The third kappa shape index (κ3) is 6.62. The highest BCUT2D eigenvalue weighted by molar-refractivity contribution is 14.1. The summed E-state index contributed by atoms with van der Waals surface area (Å²) in [5.74, 6) is -0.425. The Morgan fingerprint density at radius 1 is 0.938 bits per heavy atom. The Labute approximate surface area is 209 Å². The monoisotopic (exact) mass is 594 g/mol. The van der Waals surface area contributed by atoms with Gasteiger partial charge in [-0.05, 0) is 79.6 Å². The fourth-order valence-corrected chi connectivity index (χ4v) is 4.75. The van der Waals surface area contributed by atoms with Crippen LogP contribution in [0.1, 0.15) is 26.7 Å². The lowest BCUT2D eigenvalue weighted by atomic mass is 9.64. The van der Waals surface area contributed by atoms with Gasteiger partial charge < -0.3 is 20.1 Å². The summed E-state index contributed by atoms with van der Waals surface area (Å²) < 4.78 is 25.1. The molecule has 0 radical (unpaired) electrons. The van der Waals surface area contributed by atoms with Crippen LogP contribution in [-0.4, -0.2) is 36.1 Å². The molecule has 2 aromatic carbocycles. The van der Waals surface area contributed by atoms with Gasteiger partial charge in [-0.15, -0.1) is 0 Å². The number of rotatable bonds is 8. The summed E-state index contributed by atoms with van der Waals surface area (Å²) in [7, 11) is 0. The zero-order valence-corrected chi connectivity index (χ0v) is 21.1. The van der Waals surface area contributed by atoms with Crippen molar-refractivity contribution in [3.8, 4) is 11.5 Å². The molecule has 172 valence electrons. The number of benzene rings is 2. The van der Waals surface area contributed by atoms with Crippen LogP contribution in [0.15, 0.2) is 36.4 Å². The van der Waals surface area contributed by atoms with E-state index in [2.05, 4.69) is 33.2 Å². The van der Waals surface area contributed by atoms with Crippen LogP contribution in [0.5, 0.6) is 11.5 Å². The van der Waals surface area contributed by atoms with E-state index in [1.54, 1.807) is 18.2 Å². The Balaban J connectivity index is 1.42. The molecule has 0 aromatic heterocycles. The molecule has 1 fully saturated rings. The minimum Gasteiger partial charge on any atom is -0.484 e. The van der Waals surface area contributed by atoms with E-state index in [1.165, 1.54) is 12.1 Å². The smallest absolute Gasteiger partial charge is 0.258 e. The first-order valence-corrected chi connectivity index (χ1v) is 11.6. The molecule has 32 heavy (non-hydrogen) atoms. The maximum absolute atomic E-state index is 13.5. The second-order valence-corrected chi connectivity index (χ2v) is 10.3. The predicted molar refractivity (Wildman–Crippen MR) is 129 cm³/mol. The molecular weight excluding hydrogens is 573 g/mol. The normalized spacial score (nSPS) is 21.9. The zero-order chi connectivity index (χ0) is 23.5. The van der Waals surface area contributed by atoms with Crippen molar-refractivity contribution in [2.24, 2.45) is 0 Å². The van der Waals surface area contributed by atoms with Crippen LogP contribution in [0.3, 0.4) is 0 Å². The Morgan fingerprint density at radius 2 is 1.41 bits per heavy atom. The molecule has 2 aromatic rings. The molecule has 2 amide bonds. The lowest BCUT2D eigenvalue weighted by Crippen LogP contribution is -2.69. The number of amides is 2. The van der Waals surface area contributed by atoms with Crippen LogP contribution in [0, 0.1) is 9.39 Å². The van der Waals surface area contributed by atoms with Gasteiger partial charge in [-0.25, -0.2) is 4.39 Å². The molecule has 1 saturated carbocycles. The molecule has 10 heteroatoms. The van der Waals surface area contributed by atoms with Crippen LogP contribution in [-0.2, 0) is 9.59 Å². The summed E-state index contributed by atoms with van der Waals surface area (Å²) in [6.45, 7) is 3.43. The quantitative estimate of drug-likeness (QED) is 0.433. The van der Waals surface area contributed by atoms with E-state index in [0.29, 0.717) is 23.6 Å². The minimum atomic E-state index is -0.614. The van der Waals surface area contributed by atoms with Crippen LogP contribution < -0.4 is 20.1 Å². The van der Waals surface area contributed by atoms with Crippen molar-refractivity contribution in [3.63, 3.8) is 0 Å². The Hall–Kier alpha value is -1.78. The Morgan fingerprint density at radius 3 is 1.88 bits per heavy atom.